The van der Waals surface area contributed by atoms with Gasteiger partial charge in [-0.25, -0.2) is 27.6 Å². The first kappa shape index (κ1) is 15.2. The summed E-state index contributed by atoms with van der Waals surface area (Å²) < 4.78 is 33.5. The first-order valence-corrected chi connectivity index (χ1v) is 6.97. The Morgan fingerprint density at radius 1 is 1.43 bits per heavy atom. The van der Waals surface area contributed by atoms with Crippen LogP contribution in [0.1, 0.15) is 30.5 Å². The lowest BCUT2D eigenvalue weighted by atomic mass is 10.1. The number of carbonyl (C=O) groups is 1. The number of aromatic nitrogens is 3. The van der Waals surface area contributed by atoms with Crippen molar-refractivity contribution in [1.82, 2.24) is 14.3 Å². The maximum Gasteiger partial charge on any atom is 0.507 e. The highest BCUT2D eigenvalue weighted by Gasteiger charge is 2.28. The predicted octanol–water partition coefficient (Wildman–Crippen LogP) is 1.90. The fourth-order valence-electron chi connectivity index (χ4n) is 2.63. The molecule has 23 heavy (non-hydrogen) atoms. The van der Waals surface area contributed by atoms with E-state index in [1.54, 1.807) is 0 Å². The van der Waals surface area contributed by atoms with Crippen molar-refractivity contribution in [1.29, 1.82) is 0 Å². The quantitative estimate of drug-likeness (QED) is 0.871. The lowest BCUT2D eigenvalue weighted by Crippen LogP contribution is -2.33. The number of fused-ring (bicyclic) bond motifs is 1. The highest BCUT2D eigenvalue weighted by molar-refractivity contribution is 5.56. The van der Waals surface area contributed by atoms with Gasteiger partial charge in [-0.2, -0.15) is 5.10 Å². The van der Waals surface area contributed by atoms with Gasteiger partial charge in [0.1, 0.15) is 17.5 Å². The number of hydrogen-bond acceptors (Lipinski definition) is 4. The number of benzene rings is 1. The molecule has 0 saturated heterocycles. The summed E-state index contributed by atoms with van der Waals surface area (Å²) in [7, 11) is 0. The molecule has 0 fully saturated rings. The van der Waals surface area contributed by atoms with Gasteiger partial charge < -0.3 is 9.84 Å². The van der Waals surface area contributed by atoms with Crippen LogP contribution >= 0.6 is 0 Å². The van der Waals surface area contributed by atoms with E-state index in [1.807, 2.05) is 0 Å². The molecule has 2 aromatic rings. The highest BCUT2D eigenvalue weighted by Crippen LogP contribution is 2.23. The normalized spacial score (nSPS) is 16.9. The molecule has 9 heteroatoms. The molecule has 0 radical (unpaired) electrons. The Hall–Kier alpha value is -2.71. The van der Waals surface area contributed by atoms with Gasteiger partial charge in [0.25, 0.3) is 0 Å². The lowest BCUT2D eigenvalue weighted by molar-refractivity contribution is 0.00392. The van der Waals surface area contributed by atoms with Crippen molar-refractivity contribution in [2.24, 2.45) is 0 Å². The molecule has 1 N–H and O–H groups in total. The van der Waals surface area contributed by atoms with Crippen LogP contribution in [0.3, 0.4) is 0 Å². The molecule has 122 valence electrons. The Morgan fingerprint density at radius 2 is 2.22 bits per heavy atom. The average Bonchev–Trinajstić information content (AvgIpc) is 2.79. The molecule has 0 unspecified atom stereocenters. The van der Waals surface area contributed by atoms with Gasteiger partial charge in [0.2, 0.25) is 0 Å². The molecule has 1 aromatic carbocycles. The maximum absolute atomic E-state index is 13.7. The zero-order chi connectivity index (χ0) is 16.6. The van der Waals surface area contributed by atoms with E-state index in [1.165, 1.54) is 10.6 Å². The summed E-state index contributed by atoms with van der Waals surface area (Å²) >= 11 is 0. The SMILES string of the molecule is O=C(O)O[C@H]1CCCc2nn(Cc3ccc(F)cc3F)c(=O)n21. The molecule has 0 amide bonds. The number of ether oxygens (including phenoxy) is 1. The van der Waals surface area contributed by atoms with E-state index in [9.17, 15) is 18.4 Å². The summed E-state index contributed by atoms with van der Waals surface area (Å²) in [5.74, 6) is -1.10. The van der Waals surface area contributed by atoms with Gasteiger partial charge in [0, 0.05) is 24.5 Å². The molecular formula is C14H13F2N3O4. The Morgan fingerprint density at radius 3 is 2.91 bits per heavy atom. The van der Waals surface area contributed by atoms with Gasteiger partial charge in [-0.15, -0.1) is 0 Å². The van der Waals surface area contributed by atoms with Crippen molar-refractivity contribution >= 4 is 6.16 Å². The third-order valence-corrected chi connectivity index (χ3v) is 3.65. The van der Waals surface area contributed by atoms with Gasteiger partial charge in [0.15, 0.2) is 6.23 Å². The van der Waals surface area contributed by atoms with Crippen molar-refractivity contribution in [3.8, 4) is 0 Å². The molecule has 0 aliphatic carbocycles. The average molecular weight is 325 g/mol. The minimum absolute atomic E-state index is 0.111. The predicted molar refractivity (Wildman–Crippen MR) is 73.0 cm³/mol. The first-order valence-electron chi connectivity index (χ1n) is 6.97. The van der Waals surface area contributed by atoms with Gasteiger partial charge in [-0.05, 0) is 12.5 Å². The molecule has 7 nitrogen and oxygen atoms in total. The molecular weight excluding hydrogens is 312 g/mol. The van der Waals surface area contributed by atoms with Crippen LogP contribution in [0.15, 0.2) is 23.0 Å². The standard InChI is InChI=1S/C14H13F2N3O4/c15-9-5-4-8(10(16)6-9)7-18-13(20)19-11(17-18)2-1-3-12(19)23-14(21)22/h4-6,12H,1-3,7H2,(H,21,22)/t12-/m0/s1. The second-order valence-electron chi connectivity index (χ2n) is 5.19. The number of carboxylic acid groups (broad SMARTS) is 1. The minimum atomic E-state index is -1.48. The van der Waals surface area contributed by atoms with Crippen LogP contribution in [0.2, 0.25) is 0 Å². The molecule has 1 atom stereocenters. The van der Waals surface area contributed by atoms with E-state index in [0.29, 0.717) is 25.1 Å². The molecule has 1 aliphatic heterocycles. The largest absolute Gasteiger partial charge is 0.507 e. The summed E-state index contributed by atoms with van der Waals surface area (Å²) in [5, 5.41) is 12.8. The van der Waals surface area contributed by atoms with Crippen LogP contribution in [-0.4, -0.2) is 25.6 Å². The smallest absolute Gasteiger partial charge is 0.450 e. The van der Waals surface area contributed by atoms with Crippen LogP contribution in [0.5, 0.6) is 0 Å². The van der Waals surface area contributed by atoms with E-state index >= 15 is 0 Å². The summed E-state index contributed by atoms with van der Waals surface area (Å²) in [6, 6.07) is 3.06. The van der Waals surface area contributed by atoms with Gasteiger partial charge in [-0.3, -0.25) is 0 Å². The topological polar surface area (TPSA) is 86.3 Å². The molecule has 1 aliphatic rings. The van der Waals surface area contributed by atoms with Gasteiger partial charge in [0.05, 0.1) is 6.54 Å². The Kier molecular flexibility index (Phi) is 3.85. The third-order valence-electron chi connectivity index (χ3n) is 3.65. The zero-order valence-electron chi connectivity index (χ0n) is 11.9. The van der Waals surface area contributed by atoms with Crippen LogP contribution < -0.4 is 5.69 Å². The number of nitrogens with zero attached hydrogens (tertiary/aromatic N) is 3. The molecule has 3 rings (SSSR count). The van der Waals surface area contributed by atoms with E-state index in [2.05, 4.69) is 5.10 Å². The van der Waals surface area contributed by atoms with Crippen LogP contribution in [0, 0.1) is 11.6 Å². The monoisotopic (exact) mass is 325 g/mol. The Bertz CT molecular complexity index is 815. The third kappa shape index (κ3) is 2.94. The summed E-state index contributed by atoms with van der Waals surface area (Å²) in [6.07, 6.45) is -0.925. The van der Waals surface area contributed by atoms with Crippen LogP contribution in [0.4, 0.5) is 13.6 Å². The molecule has 1 aromatic heterocycles. The van der Waals surface area contributed by atoms with E-state index in [0.717, 1.165) is 16.8 Å². The van der Waals surface area contributed by atoms with Crippen molar-refractivity contribution in [2.45, 2.75) is 32.0 Å². The fraction of sp³-hybridized carbons (Fsp3) is 0.357. The minimum Gasteiger partial charge on any atom is -0.450 e. The fourth-order valence-corrected chi connectivity index (χ4v) is 2.63. The van der Waals surface area contributed by atoms with Gasteiger partial charge in [-0.1, -0.05) is 6.07 Å². The van der Waals surface area contributed by atoms with Crippen molar-refractivity contribution < 1.29 is 23.4 Å². The maximum atomic E-state index is 13.7. The van der Waals surface area contributed by atoms with E-state index in [4.69, 9.17) is 9.84 Å². The second-order valence-corrected chi connectivity index (χ2v) is 5.19. The second kappa shape index (κ2) is 5.82. The molecule has 0 saturated carbocycles. The summed E-state index contributed by atoms with van der Waals surface area (Å²) in [5.41, 5.74) is -0.477. The van der Waals surface area contributed by atoms with Gasteiger partial charge >= 0.3 is 11.8 Å². The van der Waals surface area contributed by atoms with Crippen molar-refractivity contribution in [3.05, 3.63) is 51.7 Å². The lowest BCUT2D eigenvalue weighted by Gasteiger charge is -2.21. The number of rotatable bonds is 3. The Labute approximate surface area is 128 Å². The summed E-state index contributed by atoms with van der Waals surface area (Å²) in [6.45, 7) is -0.176. The molecule has 2 heterocycles. The summed E-state index contributed by atoms with van der Waals surface area (Å²) in [4.78, 5) is 23.1. The van der Waals surface area contributed by atoms with E-state index < -0.39 is 29.7 Å². The van der Waals surface area contributed by atoms with Crippen LogP contribution in [0.25, 0.3) is 0 Å². The first-order chi connectivity index (χ1) is 11.0. The zero-order valence-corrected chi connectivity index (χ0v) is 11.9. The number of hydrogen-bond donors (Lipinski definition) is 1. The van der Waals surface area contributed by atoms with E-state index in [-0.39, 0.29) is 12.1 Å². The number of aryl methyl sites for hydroxylation is 1. The molecule has 0 spiro atoms. The highest BCUT2D eigenvalue weighted by atomic mass is 19.1. The van der Waals surface area contributed by atoms with Crippen molar-refractivity contribution in [3.63, 3.8) is 0 Å². The molecule has 0 bridgehead atoms. The Balaban J connectivity index is 1.95. The van der Waals surface area contributed by atoms with Crippen LogP contribution in [-0.2, 0) is 17.7 Å². The van der Waals surface area contributed by atoms with Crippen molar-refractivity contribution in [2.75, 3.05) is 0 Å². The number of halogens is 2.